The van der Waals surface area contributed by atoms with Gasteiger partial charge in [-0.25, -0.2) is 4.39 Å². The van der Waals surface area contributed by atoms with Crippen molar-refractivity contribution in [3.8, 4) is 0 Å². The van der Waals surface area contributed by atoms with Gasteiger partial charge in [-0.2, -0.15) is 0 Å². The number of nitrogens with zero attached hydrogens (tertiary/aromatic N) is 1. The van der Waals surface area contributed by atoms with Crippen molar-refractivity contribution in [2.45, 2.75) is 57.7 Å². The predicted molar refractivity (Wildman–Crippen MR) is 84.9 cm³/mol. The first-order valence-electron chi connectivity index (χ1n) is 8.31. The van der Waals surface area contributed by atoms with E-state index < -0.39 is 0 Å². The summed E-state index contributed by atoms with van der Waals surface area (Å²) in [6.07, 6.45) is 5.14. The molecule has 1 aromatic rings. The maximum Gasteiger partial charge on any atom is 0.123 e. The summed E-state index contributed by atoms with van der Waals surface area (Å²) in [6.45, 7) is 5.05. The van der Waals surface area contributed by atoms with Crippen LogP contribution in [0.4, 0.5) is 4.39 Å². The number of halogens is 1. The van der Waals surface area contributed by atoms with Gasteiger partial charge < -0.3 is 10.2 Å². The molecule has 116 valence electrons. The summed E-state index contributed by atoms with van der Waals surface area (Å²) in [5, 5.41) is 3.62. The molecule has 3 rings (SSSR count). The minimum absolute atomic E-state index is 0.108. The van der Waals surface area contributed by atoms with Crippen LogP contribution in [0, 0.1) is 18.7 Å². The number of hydrogen-bond acceptors (Lipinski definition) is 2. The van der Waals surface area contributed by atoms with Gasteiger partial charge in [-0.1, -0.05) is 13.0 Å². The van der Waals surface area contributed by atoms with E-state index in [9.17, 15) is 4.39 Å². The highest BCUT2D eigenvalue weighted by Gasteiger charge is 2.41. The molecule has 0 saturated carbocycles. The van der Waals surface area contributed by atoms with Gasteiger partial charge in [0.25, 0.3) is 0 Å². The standard InChI is InChI=1S/C18H27FN2/c1-4-20-18(13-7-12(2)8-15(19)9-13)14-10-16-5-6-17(11-14)21(16)3/h7-9,14,16-18,20H,4-6,10-11H2,1-3H3. The Morgan fingerprint density at radius 1 is 1.24 bits per heavy atom. The van der Waals surface area contributed by atoms with Crippen LogP contribution in [-0.2, 0) is 0 Å². The van der Waals surface area contributed by atoms with Crippen molar-refractivity contribution in [1.82, 2.24) is 10.2 Å². The van der Waals surface area contributed by atoms with Crippen LogP contribution in [0.2, 0.25) is 0 Å². The van der Waals surface area contributed by atoms with Crippen molar-refractivity contribution in [3.05, 3.63) is 35.1 Å². The van der Waals surface area contributed by atoms with Crippen LogP contribution in [0.15, 0.2) is 18.2 Å². The zero-order chi connectivity index (χ0) is 15.0. The fraction of sp³-hybridized carbons (Fsp3) is 0.667. The lowest BCUT2D eigenvalue weighted by Gasteiger charge is -2.40. The molecule has 21 heavy (non-hydrogen) atoms. The van der Waals surface area contributed by atoms with E-state index in [0.29, 0.717) is 12.0 Å². The van der Waals surface area contributed by atoms with E-state index in [-0.39, 0.29) is 5.82 Å². The molecule has 2 fully saturated rings. The van der Waals surface area contributed by atoms with E-state index in [1.54, 1.807) is 12.1 Å². The van der Waals surface area contributed by atoms with Gasteiger partial charge in [0, 0.05) is 18.1 Å². The van der Waals surface area contributed by atoms with Crippen LogP contribution < -0.4 is 5.32 Å². The second kappa shape index (κ2) is 6.05. The lowest BCUT2D eigenvalue weighted by atomic mass is 9.81. The largest absolute Gasteiger partial charge is 0.310 e. The molecule has 0 spiro atoms. The van der Waals surface area contributed by atoms with Gasteiger partial charge in [-0.05, 0) is 75.4 Å². The Balaban J connectivity index is 1.84. The second-order valence-corrected chi connectivity index (χ2v) is 6.88. The van der Waals surface area contributed by atoms with E-state index in [2.05, 4.69) is 30.3 Å². The summed E-state index contributed by atoms with van der Waals surface area (Å²) in [5.41, 5.74) is 2.15. The maximum atomic E-state index is 13.8. The zero-order valence-corrected chi connectivity index (χ0v) is 13.4. The monoisotopic (exact) mass is 290 g/mol. The Morgan fingerprint density at radius 2 is 1.90 bits per heavy atom. The molecule has 2 heterocycles. The average molecular weight is 290 g/mol. The number of aryl methyl sites for hydroxylation is 1. The highest BCUT2D eigenvalue weighted by Crippen LogP contribution is 2.42. The third kappa shape index (κ3) is 3.00. The lowest BCUT2D eigenvalue weighted by molar-refractivity contribution is 0.113. The predicted octanol–water partition coefficient (Wildman–Crippen LogP) is 3.66. The molecule has 2 aliphatic rings. The summed E-state index contributed by atoms with van der Waals surface area (Å²) >= 11 is 0. The molecule has 3 heteroatoms. The van der Waals surface area contributed by atoms with E-state index >= 15 is 0 Å². The summed E-state index contributed by atoms with van der Waals surface area (Å²) in [5.74, 6) is 0.517. The van der Waals surface area contributed by atoms with Crippen molar-refractivity contribution < 1.29 is 4.39 Å². The van der Waals surface area contributed by atoms with Crippen LogP contribution in [0.1, 0.15) is 49.8 Å². The Morgan fingerprint density at radius 3 is 2.48 bits per heavy atom. The molecule has 0 aliphatic carbocycles. The first-order valence-corrected chi connectivity index (χ1v) is 8.31. The molecular weight excluding hydrogens is 263 g/mol. The molecule has 3 atom stereocenters. The molecule has 2 saturated heterocycles. The Bertz CT molecular complexity index is 468. The highest BCUT2D eigenvalue weighted by molar-refractivity contribution is 5.27. The highest BCUT2D eigenvalue weighted by atomic mass is 19.1. The molecule has 1 N–H and O–H groups in total. The third-order valence-electron chi connectivity index (χ3n) is 5.45. The number of hydrogen-bond donors (Lipinski definition) is 1. The molecule has 0 radical (unpaired) electrons. The first kappa shape index (κ1) is 15.0. The van der Waals surface area contributed by atoms with Gasteiger partial charge >= 0.3 is 0 Å². The van der Waals surface area contributed by atoms with Crippen LogP contribution in [-0.4, -0.2) is 30.6 Å². The fourth-order valence-electron chi connectivity index (χ4n) is 4.45. The summed E-state index contributed by atoms with van der Waals surface area (Å²) < 4.78 is 13.8. The van der Waals surface area contributed by atoms with E-state index in [1.165, 1.54) is 25.7 Å². The number of nitrogens with one attached hydrogen (secondary N) is 1. The molecule has 2 aliphatic heterocycles. The Kier molecular flexibility index (Phi) is 4.32. The quantitative estimate of drug-likeness (QED) is 0.910. The van der Waals surface area contributed by atoms with Crippen LogP contribution in [0.25, 0.3) is 0 Å². The smallest absolute Gasteiger partial charge is 0.123 e. The average Bonchev–Trinajstić information content (AvgIpc) is 2.65. The van der Waals surface area contributed by atoms with E-state index in [4.69, 9.17) is 0 Å². The molecule has 2 nitrogen and oxygen atoms in total. The molecule has 2 bridgehead atoms. The molecular formula is C18H27FN2. The van der Waals surface area contributed by atoms with Gasteiger partial charge in [0.15, 0.2) is 0 Å². The number of piperidine rings is 1. The van der Waals surface area contributed by atoms with Crippen molar-refractivity contribution >= 4 is 0 Å². The normalized spacial score (nSPS) is 30.6. The Labute approximate surface area is 127 Å². The van der Waals surface area contributed by atoms with Crippen LogP contribution >= 0.6 is 0 Å². The van der Waals surface area contributed by atoms with E-state index in [1.807, 2.05) is 6.92 Å². The van der Waals surface area contributed by atoms with E-state index in [0.717, 1.165) is 29.8 Å². The minimum atomic E-state index is -0.108. The van der Waals surface area contributed by atoms with Crippen molar-refractivity contribution in [2.75, 3.05) is 13.6 Å². The van der Waals surface area contributed by atoms with Crippen molar-refractivity contribution in [3.63, 3.8) is 0 Å². The lowest BCUT2D eigenvalue weighted by Crippen LogP contribution is -2.43. The molecule has 1 aromatic carbocycles. The van der Waals surface area contributed by atoms with Gasteiger partial charge in [0.2, 0.25) is 0 Å². The molecule has 0 aromatic heterocycles. The molecule has 3 unspecified atom stereocenters. The van der Waals surface area contributed by atoms with Crippen LogP contribution in [0.3, 0.4) is 0 Å². The number of fused-ring (bicyclic) bond motifs is 2. The van der Waals surface area contributed by atoms with Crippen molar-refractivity contribution in [2.24, 2.45) is 5.92 Å². The maximum absolute atomic E-state index is 13.8. The summed E-state index contributed by atoms with van der Waals surface area (Å²) in [4.78, 5) is 2.57. The minimum Gasteiger partial charge on any atom is -0.310 e. The summed E-state index contributed by atoms with van der Waals surface area (Å²) in [6, 6.07) is 7.23. The van der Waals surface area contributed by atoms with Gasteiger partial charge in [0.1, 0.15) is 5.82 Å². The SMILES string of the molecule is CCNC(c1cc(C)cc(F)c1)C1CC2CCC(C1)N2C. The van der Waals surface area contributed by atoms with Crippen molar-refractivity contribution in [1.29, 1.82) is 0 Å². The van der Waals surface area contributed by atoms with Gasteiger partial charge in [-0.15, -0.1) is 0 Å². The third-order valence-corrected chi connectivity index (χ3v) is 5.45. The second-order valence-electron chi connectivity index (χ2n) is 6.88. The van der Waals surface area contributed by atoms with Gasteiger partial charge in [0.05, 0.1) is 0 Å². The van der Waals surface area contributed by atoms with Crippen LogP contribution in [0.5, 0.6) is 0 Å². The first-order chi connectivity index (χ1) is 10.1. The fourth-order valence-corrected chi connectivity index (χ4v) is 4.45. The summed E-state index contributed by atoms with van der Waals surface area (Å²) in [7, 11) is 2.27. The number of benzene rings is 1. The van der Waals surface area contributed by atoms with Gasteiger partial charge in [-0.3, -0.25) is 0 Å². The zero-order valence-electron chi connectivity index (χ0n) is 13.4. The topological polar surface area (TPSA) is 15.3 Å². The Hall–Kier alpha value is -0.930. The molecule has 0 amide bonds. The number of rotatable bonds is 4.